The van der Waals surface area contributed by atoms with Gasteiger partial charge in [-0.25, -0.2) is 0 Å². The first kappa shape index (κ1) is 29.1. The van der Waals surface area contributed by atoms with Gasteiger partial charge in [-0.05, 0) is 134 Å². The summed E-state index contributed by atoms with van der Waals surface area (Å²) in [4.78, 5) is 37.7. The molecule has 2 aromatic heterocycles. The van der Waals surface area contributed by atoms with Crippen LogP contribution in [0.1, 0.15) is 93.2 Å². The molecule has 0 atom stereocenters. The highest BCUT2D eigenvalue weighted by molar-refractivity contribution is 7.19. The smallest absolute Gasteiger partial charge is 0.233 e. The Morgan fingerprint density at radius 2 is 1.58 bits per heavy atom. The van der Waals surface area contributed by atoms with Gasteiger partial charge in [-0.15, -0.1) is 11.3 Å². The Morgan fingerprint density at radius 1 is 0.930 bits per heavy atom. The number of benzene rings is 1. The second-order valence-corrected chi connectivity index (χ2v) is 15.6. The van der Waals surface area contributed by atoms with Gasteiger partial charge in [0.15, 0.2) is 0 Å². The number of aryl methyl sites for hydroxylation is 2. The number of hydrogen-bond donors (Lipinski definition) is 2. The molecule has 0 radical (unpaired) electrons. The number of piperidine rings is 1. The Labute approximate surface area is 260 Å². The first-order valence-corrected chi connectivity index (χ1v) is 17.6. The molecule has 2 amide bonds. The molecule has 43 heavy (non-hydrogen) atoms. The SMILES string of the molecule is Cc1cc(C)cc(-c2[nH]c3sc(C(C)(C)C(=O)N4C5CCC4CC5)cc3c2CCN2CCC(C(=O)NC3CCC3)CC2)c1. The zero-order valence-electron chi connectivity index (χ0n) is 26.4. The molecule has 3 aliphatic heterocycles. The Hall–Kier alpha value is -2.64. The average Bonchev–Trinajstić information content (AvgIpc) is 3.73. The molecule has 4 aliphatic rings. The number of aromatic amines is 1. The van der Waals surface area contributed by atoms with E-state index in [0.29, 0.717) is 24.0 Å². The van der Waals surface area contributed by atoms with Crippen molar-refractivity contribution in [2.24, 2.45) is 5.92 Å². The fraction of sp³-hybridized carbons (Fsp3) is 0.611. The molecule has 3 aromatic rings. The molecule has 6 nitrogen and oxygen atoms in total. The topological polar surface area (TPSA) is 68.4 Å². The van der Waals surface area contributed by atoms with Crippen molar-refractivity contribution in [2.45, 2.75) is 115 Å². The Morgan fingerprint density at radius 3 is 2.19 bits per heavy atom. The molecular weight excluding hydrogens is 552 g/mol. The molecule has 7 heteroatoms. The van der Waals surface area contributed by atoms with Crippen LogP contribution in [0.3, 0.4) is 0 Å². The van der Waals surface area contributed by atoms with Crippen LogP contribution in [-0.2, 0) is 21.4 Å². The molecule has 5 heterocycles. The molecule has 230 valence electrons. The van der Waals surface area contributed by atoms with Crippen LogP contribution in [0, 0.1) is 19.8 Å². The van der Waals surface area contributed by atoms with E-state index < -0.39 is 5.41 Å². The van der Waals surface area contributed by atoms with Gasteiger partial charge in [0.2, 0.25) is 11.8 Å². The quantitative estimate of drug-likeness (QED) is 0.297. The van der Waals surface area contributed by atoms with Crippen molar-refractivity contribution in [3.8, 4) is 11.3 Å². The predicted molar refractivity (Wildman–Crippen MR) is 176 cm³/mol. The highest BCUT2D eigenvalue weighted by atomic mass is 32.1. The first-order chi connectivity index (χ1) is 20.7. The zero-order valence-corrected chi connectivity index (χ0v) is 27.2. The highest BCUT2D eigenvalue weighted by Gasteiger charge is 2.47. The zero-order chi connectivity index (χ0) is 29.9. The number of nitrogens with one attached hydrogen (secondary N) is 2. The lowest BCUT2D eigenvalue weighted by Crippen LogP contribution is -2.46. The normalized spacial score (nSPS) is 23.3. The second-order valence-electron chi connectivity index (χ2n) is 14.5. The van der Waals surface area contributed by atoms with E-state index in [0.717, 1.165) is 56.6 Å². The van der Waals surface area contributed by atoms with E-state index in [9.17, 15) is 9.59 Å². The molecule has 4 fully saturated rings. The van der Waals surface area contributed by atoms with Crippen molar-refractivity contribution in [3.63, 3.8) is 0 Å². The number of carbonyl (C=O) groups excluding carboxylic acids is 2. The molecule has 1 aliphatic carbocycles. The maximum absolute atomic E-state index is 13.9. The molecule has 1 saturated carbocycles. The number of thiophene rings is 1. The molecule has 7 rings (SSSR count). The molecule has 0 spiro atoms. The van der Waals surface area contributed by atoms with Gasteiger partial charge in [0.25, 0.3) is 0 Å². The van der Waals surface area contributed by atoms with Gasteiger partial charge >= 0.3 is 0 Å². The third-order valence-electron chi connectivity index (χ3n) is 11.0. The van der Waals surface area contributed by atoms with Gasteiger partial charge in [-0.2, -0.15) is 0 Å². The minimum Gasteiger partial charge on any atom is -0.353 e. The van der Waals surface area contributed by atoms with Gasteiger partial charge < -0.3 is 20.1 Å². The summed E-state index contributed by atoms with van der Waals surface area (Å²) in [6.45, 7) is 11.5. The number of carbonyl (C=O) groups is 2. The molecule has 2 N–H and O–H groups in total. The summed E-state index contributed by atoms with van der Waals surface area (Å²) >= 11 is 1.77. The maximum Gasteiger partial charge on any atom is 0.233 e. The van der Waals surface area contributed by atoms with Crippen LogP contribution in [-0.4, -0.2) is 64.4 Å². The number of nitrogens with zero attached hydrogens (tertiary/aromatic N) is 2. The molecule has 1 aromatic carbocycles. The predicted octanol–water partition coefficient (Wildman–Crippen LogP) is 6.87. The van der Waals surface area contributed by atoms with Crippen LogP contribution in [0.4, 0.5) is 0 Å². The molecule has 0 unspecified atom stereocenters. The van der Waals surface area contributed by atoms with E-state index in [1.54, 1.807) is 11.3 Å². The highest BCUT2D eigenvalue weighted by Crippen LogP contribution is 2.44. The minimum atomic E-state index is -0.533. The number of fused-ring (bicyclic) bond motifs is 3. The number of aromatic nitrogens is 1. The Bertz CT molecular complexity index is 1480. The second kappa shape index (κ2) is 11.4. The van der Waals surface area contributed by atoms with Gasteiger partial charge in [-0.1, -0.05) is 17.2 Å². The van der Waals surface area contributed by atoms with Gasteiger partial charge in [0, 0.05) is 40.9 Å². The van der Waals surface area contributed by atoms with E-state index in [-0.39, 0.29) is 11.8 Å². The summed E-state index contributed by atoms with van der Waals surface area (Å²) in [7, 11) is 0. The summed E-state index contributed by atoms with van der Waals surface area (Å²) in [6, 6.07) is 10.4. The standard InChI is InChI=1S/C36H48N4O2S/c1-22-18-23(2)20-25(19-22)32-29(14-17-39-15-12-24(13-16-39)33(41)37-26-6-5-7-26)30-21-31(43-34(30)38-32)36(3,4)35(42)40-27-8-9-28(40)11-10-27/h18-21,24,26-28,38H,5-17H2,1-4H3,(H,37,41). The average molecular weight is 601 g/mol. The maximum atomic E-state index is 13.9. The van der Waals surface area contributed by atoms with Crippen LogP contribution >= 0.6 is 11.3 Å². The van der Waals surface area contributed by atoms with Crippen LogP contribution in [0.25, 0.3) is 21.5 Å². The van der Waals surface area contributed by atoms with Crippen LogP contribution in [0.5, 0.6) is 0 Å². The molecule has 3 saturated heterocycles. The molecular formula is C36H48N4O2S. The van der Waals surface area contributed by atoms with Crippen molar-refractivity contribution in [1.29, 1.82) is 0 Å². The van der Waals surface area contributed by atoms with Crippen molar-refractivity contribution in [2.75, 3.05) is 19.6 Å². The van der Waals surface area contributed by atoms with Gasteiger partial charge in [0.05, 0.1) is 11.1 Å². The van der Waals surface area contributed by atoms with E-state index in [2.05, 4.69) is 72.1 Å². The summed E-state index contributed by atoms with van der Waals surface area (Å²) in [6.07, 6.45) is 11.1. The van der Waals surface area contributed by atoms with E-state index in [1.165, 1.54) is 70.3 Å². The van der Waals surface area contributed by atoms with E-state index >= 15 is 0 Å². The first-order valence-electron chi connectivity index (χ1n) is 16.8. The Balaban J connectivity index is 1.12. The van der Waals surface area contributed by atoms with Crippen molar-refractivity contribution in [1.82, 2.24) is 20.1 Å². The minimum absolute atomic E-state index is 0.159. The number of likely N-dealkylation sites (tertiary alicyclic amines) is 1. The van der Waals surface area contributed by atoms with Crippen molar-refractivity contribution < 1.29 is 9.59 Å². The Kier molecular flexibility index (Phi) is 7.70. The van der Waals surface area contributed by atoms with Crippen LogP contribution < -0.4 is 5.32 Å². The number of H-pyrrole nitrogens is 1. The molecule has 2 bridgehead atoms. The lowest BCUT2D eigenvalue weighted by molar-refractivity contribution is -0.137. The van der Waals surface area contributed by atoms with Crippen molar-refractivity contribution >= 4 is 33.4 Å². The van der Waals surface area contributed by atoms with Gasteiger partial charge in [-0.3, -0.25) is 9.59 Å². The fourth-order valence-corrected chi connectivity index (χ4v) is 9.38. The third-order valence-corrected chi connectivity index (χ3v) is 12.4. The monoisotopic (exact) mass is 600 g/mol. The lowest BCUT2D eigenvalue weighted by Gasteiger charge is -2.33. The number of amides is 2. The van der Waals surface area contributed by atoms with Gasteiger partial charge in [0.1, 0.15) is 4.83 Å². The van der Waals surface area contributed by atoms with E-state index in [1.807, 2.05) is 0 Å². The summed E-state index contributed by atoms with van der Waals surface area (Å²) < 4.78 is 0. The van der Waals surface area contributed by atoms with Crippen LogP contribution in [0.15, 0.2) is 24.3 Å². The lowest BCUT2D eigenvalue weighted by atomic mass is 9.88. The summed E-state index contributed by atoms with van der Waals surface area (Å²) in [5.41, 5.74) is 5.83. The third kappa shape index (κ3) is 5.45. The summed E-state index contributed by atoms with van der Waals surface area (Å²) in [5, 5.41) is 4.54. The van der Waals surface area contributed by atoms with E-state index in [4.69, 9.17) is 0 Å². The van der Waals surface area contributed by atoms with Crippen LogP contribution in [0.2, 0.25) is 0 Å². The number of rotatable bonds is 8. The number of hydrogen-bond acceptors (Lipinski definition) is 4. The van der Waals surface area contributed by atoms with Crippen molar-refractivity contribution in [3.05, 3.63) is 45.8 Å². The fourth-order valence-electron chi connectivity index (χ4n) is 8.20. The largest absolute Gasteiger partial charge is 0.353 e. The summed E-state index contributed by atoms with van der Waals surface area (Å²) in [5.74, 6) is 0.743.